The Kier molecular flexibility index (Phi) is 6.08. The minimum Gasteiger partial charge on any atom is -0.484 e. The molecule has 3 N–H and O–H groups in total. The first kappa shape index (κ1) is 18.9. The molecular weight excluding hydrogens is 414 g/mol. The van der Waals surface area contributed by atoms with Gasteiger partial charge in [-0.3, -0.25) is 25.2 Å². The lowest BCUT2D eigenvalue weighted by Gasteiger charge is -2.09. The number of anilines is 1. The van der Waals surface area contributed by atoms with Crippen molar-refractivity contribution in [3.63, 3.8) is 0 Å². The van der Waals surface area contributed by atoms with Gasteiger partial charge in [0.2, 0.25) is 5.91 Å². The second-order valence-electron chi connectivity index (χ2n) is 6.09. The second-order valence-corrected chi connectivity index (χ2v) is 7.00. The summed E-state index contributed by atoms with van der Waals surface area (Å²) in [6.45, 7) is -0.228. The third-order valence-electron chi connectivity index (χ3n) is 3.86. The predicted molar refractivity (Wildman–Crippen MR) is 103 cm³/mol. The number of hydrogen-bond donors (Lipinski definition) is 3. The highest BCUT2D eigenvalue weighted by atomic mass is 79.9. The maximum absolute atomic E-state index is 12.1. The zero-order chi connectivity index (χ0) is 19.2. The summed E-state index contributed by atoms with van der Waals surface area (Å²) in [5.41, 5.74) is 5.60. The Labute approximate surface area is 164 Å². The fourth-order valence-electron chi connectivity index (χ4n) is 2.21. The standard InChI is InChI=1S/C19H18BrN3O4/c20-14-5-9-16(10-6-14)27-11-17(24)22-23-19(26)13-3-7-15(8-4-13)21-18(25)12-1-2-12/h3-10,12H,1-2,11H2,(H,21,25)(H,22,24)(H,23,26). The SMILES string of the molecule is O=C(COc1ccc(Br)cc1)NNC(=O)c1ccc(NC(=O)C2CC2)cc1. The minimum atomic E-state index is -0.486. The van der Waals surface area contributed by atoms with E-state index in [0.29, 0.717) is 17.0 Å². The Hall–Kier alpha value is -2.87. The van der Waals surface area contributed by atoms with E-state index in [0.717, 1.165) is 17.3 Å². The van der Waals surface area contributed by atoms with Crippen molar-refractivity contribution in [1.82, 2.24) is 10.9 Å². The molecule has 3 amide bonds. The average molecular weight is 432 g/mol. The smallest absolute Gasteiger partial charge is 0.276 e. The number of carbonyl (C=O) groups is 3. The van der Waals surface area contributed by atoms with E-state index >= 15 is 0 Å². The number of hydrazine groups is 1. The molecule has 1 aliphatic carbocycles. The summed E-state index contributed by atoms with van der Waals surface area (Å²) < 4.78 is 6.22. The molecule has 0 atom stereocenters. The molecule has 0 bridgehead atoms. The van der Waals surface area contributed by atoms with Crippen LogP contribution >= 0.6 is 15.9 Å². The lowest BCUT2D eigenvalue weighted by Crippen LogP contribution is -2.43. The Morgan fingerprint density at radius 3 is 2.26 bits per heavy atom. The first-order chi connectivity index (χ1) is 13.0. The fraction of sp³-hybridized carbons (Fsp3) is 0.211. The van der Waals surface area contributed by atoms with Gasteiger partial charge < -0.3 is 10.1 Å². The van der Waals surface area contributed by atoms with Crippen molar-refractivity contribution in [2.75, 3.05) is 11.9 Å². The highest BCUT2D eigenvalue weighted by Gasteiger charge is 2.29. The van der Waals surface area contributed by atoms with E-state index in [2.05, 4.69) is 32.1 Å². The Bertz CT molecular complexity index is 833. The second kappa shape index (κ2) is 8.68. The molecule has 0 radical (unpaired) electrons. The Morgan fingerprint density at radius 1 is 0.963 bits per heavy atom. The molecule has 0 aliphatic heterocycles. The minimum absolute atomic E-state index is 0.00485. The number of hydrogen-bond acceptors (Lipinski definition) is 4. The van der Waals surface area contributed by atoms with Gasteiger partial charge in [0.05, 0.1) is 0 Å². The quantitative estimate of drug-likeness (QED) is 0.612. The first-order valence-electron chi connectivity index (χ1n) is 8.40. The van der Waals surface area contributed by atoms with Crippen molar-refractivity contribution in [3.05, 3.63) is 58.6 Å². The number of carbonyl (C=O) groups excluding carboxylic acids is 3. The number of halogens is 1. The Balaban J connectivity index is 1.42. The van der Waals surface area contributed by atoms with Crippen molar-refractivity contribution in [1.29, 1.82) is 0 Å². The molecule has 1 aliphatic rings. The molecule has 140 valence electrons. The van der Waals surface area contributed by atoms with Crippen LogP contribution in [0.3, 0.4) is 0 Å². The molecule has 7 nitrogen and oxygen atoms in total. The molecule has 2 aromatic carbocycles. The highest BCUT2D eigenvalue weighted by Crippen LogP contribution is 2.30. The van der Waals surface area contributed by atoms with E-state index in [4.69, 9.17) is 4.74 Å². The zero-order valence-electron chi connectivity index (χ0n) is 14.3. The predicted octanol–water partition coefficient (Wildman–Crippen LogP) is 2.64. The molecule has 0 heterocycles. The molecule has 8 heteroatoms. The van der Waals surface area contributed by atoms with Crippen molar-refractivity contribution in [2.45, 2.75) is 12.8 Å². The normalized spacial score (nSPS) is 12.8. The molecular formula is C19H18BrN3O4. The van der Waals surface area contributed by atoms with Crippen molar-refractivity contribution in [3.8, 4) is 5.75 Å². The monoisotopic (exact) mass is 431 g/mol. The van der Waals surface area contributed by atoms with Crippen LogP contribution in [0.25, 0.3) is 0 Å². The average Bonchev–Trinajstić information content (AvgIpc) is 3.51. The van der Waals surface area contributed by atoms with Crippen LogP contribution in [-0.2, 0) is 9.59 Å². The molecule has 2 aromatic rings. The van der Waals surface area contributed by atoms with E-state index in [1.807, 2.05) is 0 Å². The van der Waals surface area contributed by atoms with Gasteiger partial charge in [-0.2, -0.15) is 0 Å². The van der Waals surface area contributed by atoms with Crippen LogP contribution in [0, 0.1) is 5.92 Å². The summed E-state index contributed by atoms with van der Waals surface area (Å²) in [4.78, 5) is 35.5. The van der Waals surface area contributed by atoms with Crippen molar-refractivity contribution in [2.24, 2.45) is 5.92 Å². The van der Waals surface area contributed by atoms with Crippen LogP contribution in [0.4, 0.5) is 5.69 Å². The van der Waals surface area contributed by atoms with E-state index in [1.165, 1.54) is 0 Å². The summed E-state index contributed by atoms with van der Waals surface area (Å²) in [5, 5.41) is 2.80. The van der Waals surface area contributed by atoms with Gasteiger partial charge in [0.15, 0.2) is 6.61 Å². The number of amides is 3. The van der Waals surface area contributed by atoms with Gasteiger partial charge in [0.1, 0.15) is 5.75 Å². The van der Waals surface area contributed by atoms with Crippen LogP contribution < -0.4 is 20.9 Å². The molecule has 0 aromatic heterocycles. The van der Waals surface area contributed by atoms with E-state index in [9.17, 15) is 14.4 Å². The van der Waals surface area contributed by atoms with Crippen LogP contribution in [0.2, 0.25) is 0 Å². The van der Waals surface area contributed by atoms with Gasteiger partial charge in [-0.05, 0) is 61.4 Å². The molecule has 1 saturated carbocycles. The molecule has 27 heavy (non-hydrogen) atoms. The molecule has 0 unspecified atom stereocenters. The first-order valence-corrected chi connectivity index (χ1v) is 9.19. The van der Waals surface area contributed by atoms with Crippen molar-refractivity contribution >= 4 is 39.3 Å². The third kappa shape index (κ3) is 5.82. The number of nitrogens with one attached hydrogen (secondary N) is 3. The molecule has 0 saturated heterocycles. The summed E-state index contributed by atoms with van der Waals surface area (Å²) in [6, 6.07) is 13.5. The van der Waals surface area contributed by atoms with Crippen LogP contribution in [0.5, 0.6) is 5.75 Å². The van der Waals surface area contributed by atoms with Crippen LogP contribution in [-0.4, -0.2) is 24.3 Å². The molecule has 1 fully saturated rings. The van der Waals surface area contributed by atoms with Crippen LogP contribution in [0.1, 0.15) is 23.2 Å². The van der Waals surface area contributed by atoms with Gasteiger partial charge in [-0.1, -0.05) is 15.9 Å². The number of rotatable bonds is 6. The van der Waals surface area contributed by atoms with E-state index in [-0.39, 0.29) is 18.4 Å². The van der Waals surface area contributed by atoms with Gasteiger partial charge in [-0.15, -0.1) is 0 Å². The fourth-order valence-corrected chi connectivity index (χ4v) is 2.47. The van der Waals surface area contributed by atoms with Gasteiger partial charge >= 0.3 is 0 Å². The van der Waals surface area contributed by atoms with Gasteiger partial charge in [-0.25, -0.2) is 0 Å². The largest absolute Gasteiger partial charge is 0.484 e. The van der Waals surface area contributed by atoms with Crippen LogP contribution in [0.15, 0.2) is 53.0 Å². The maximum Gasteiger partial charge on any atom is 0.276 e. The summed E-state index contributed by atoms with van der Waals surface area (Å²) in [6.07, 6.45) is 1.86. The van der Waals surface area contributed by atoms with Gasteiger partial charge in [0, 0.05) is 21.6 Å². The maximum atomic E-state index is 12.1. The summed E-state index contributed by atoms with van der Waals surface area (Å²) in [7, 11) is 0. The summed E-state index contributed by atoms with van der Waals surface area (Å²) in [5.74, 6) is -0.289. The number of benzene rings is 2. The van der Waals surface area contributed by atoms with E-state index < -0.39 is 11.8 Å². The number of ether oxygens (including phenoxy) is 1. The van der Waals surface area contributed by atoms with E-state index in [1.54, 1.807) is 48.5 Å². The topological polar surface area (TPSA) is 96.5 Å². The molecule has 0 spiro atoms. The van der Waals surface area contributed by atoms with Crippen molar-refractivity contribution < 1.29 is 19.1 Å². The lowest BCUT2D eigenvalue weighted by atomic mass is 10.2. The lowest BCUT2D eigenvalue weighted by molar-refractivity contribution is -0.123. The Morgan fingerprint density at radius 2 is 1.63 bits per heavy atom. The highest BCUT2D eigenvalue weighted by molar-refractivity contribution is 9.10. The molecule has 3 rings (SSSR count). The van der Waals surface area contributed by atoms with Gasteiger partial charge in [0.25, 0.3) is 11.8 Å². The third-order valence-corrected chi connectivity index (χ3v) is 4.39. The zero-order valence-corrected chi connectivity index (χ0v) is 15.9. The summed E-state index contributed by atoms with van der Waals surface area (Å²) >= 11 is 3.31.